The maximum absolute atomic E-state index is 11.1. The third-order valence-electron chi connectivity index (χ3n) is 1.86. The van der Waals surface area contributed by atoms with Crippen molar-refractivity contribution in [1.29, 1.82) is 0 Å². The lowest BCUT2D eigenvalue weighted by molar-refractivity contribution is -0.142. The van der Waals surface area contributed by atoms with Crippen molar-refractivity contribution < 1.29 is 9.90 Å². The van der Waals surface area contributed by atoms with Crippen molar-refractivity contribution in [2.24, 2.45) is 5.92 Å². The van der Waals surface area contributed by atoms with Gasteiger partial charge in [0.1, 0.15) is 6.04 Å². The average Bonchev–Trinajstić information content (AvgIpc) is 2.35. The van der Waals surface area contributed by atoms with Gasteiger partial charge in [0.05, 0.1) is 0 Å². The molecule has 1 aromatic heterocycles. The molecule has 13 heavy (non-hydrogen) atoms. The van der Waals surface area contributed by atoms with Gasteiger partial charge in [-0.05, 0) is 5.92 Å². The van der Waals surface area contributed by atoms with Gasteiger partial charge in [0.15, 0.2) is 0 Å². The largest absolute Gasteiger partial charge is 0.480 e. The van der Waals surface area contributed by atoms with Gasteiger partial charge in [-0.15, -0.1) is 0 Å². The number of carboxylic acid groups (broad SMARTS) is 1. The lowest BCUT2D eigenvalue weighted by atomic mass is 10.1. The smallest absolute Gasteiger partial charge is 0.327 e. The van der Waals surface area contributed by atoms with E-state index in [1.54, 1.807) is 13.8 Å². The van der Waals surface area contributed by atoms with E-state index in [1.807, 2.05) is 0 Å². The molecule has 0 bridgehead atoms. The van der Waals surface area contributed by atoms with E-state index >= 15 is 0 Å². The molecular formula is C8H12N2O3. The fourth-order valence-electron chi connectivity index (χ4n) is 1.28. The van der Waals surface area contributed by atoms with E-state index in [1.165, 1.54) is 17.0 Å². The Morgan fingerprint density at radius 3 is 2.54 bits per heavy atom. The Bertz CT molecular complexity index is 350. The molecule has 0 radical (unpaired) electrons. The molecule has 0 saturated heterocycles. The molecule has 0 amide bonds. The van der Waals surface area contributed by atoms with Crippen LogP contribution in [0.15, 0.2) is 17.2 Å². The minimum absolute atomic E-state index is 0.119. The summed E-state index contributed by atoms with van der Waals surface area (Å²) in [7, 11) is 0. The van der Waals surface area contributed by atoms with Crippen LogP contribution in [0.25, 0.3) is 0 Å². The van der Waals surface area contributed by atoms with Crippen molar-refractivity contribution in [3.8, 4) is 0 Å². The number of nitrogens with zero attached hydrogens (tertiary/aromatic N) is 1. The fraction of sp³-hybridized carbons (Fsp3) is 0.500. The molecule has 2 N–H and O–H groups in total. The lowest BCUT2D eigenvalue weighted by Crippen LogP contribution is -2.31. The van der Waals surface area contributed by atoms with Gasteiger partial charge in [-0.2, -0.15) is 0 Å². The summed E-state index contributed by atoms with van der Waals surface area (Å²) in [6.07, 6.45) is 2.88. The van der Waals surface area contributed by atoms with Gasteiger partial charge in [-0.25, -0.2) is 9.59 Å². The Balaban J connectivity index is 3.10. The van der Waals surface area contributed by atoms with Gasteiger partial charge in [0, 0.05) is 12.4 Å². The number of hydrogen-bond donors (Lipinski definition) is 2. The number of imidazole rings is 1. The monoisotopic (exact) mass is 184 g/mol. The second-order valence-electron chi connectivity index (χ2n) is 3.20. The molecule has 1 atom stereocenters. The van der Waals surface area contributed by atoms with Crippen molar-refractivity contribution in [1.82, 2.24) is 9.55 Å². The van der Waals surface area contributed by atoms with Crippen LogP contribution in [0.4, 0.5) is 0 Å². The maximum atomic E-state index is 11.1. The number of carbonyl (C=O) groups is 1. The molecule has 1 rings (SSSR count). The number of aromatic nitrogens is 2. The number of H-pyrrole nitrogens is 1. The topological polar surface area (TPSA) is 75.1 Å². The van der Waals surface area contributed by atoms with Crippen LogP contribution in [0.5, 0.6) is 0 Å². The zero-order chi connectivity index (χ0) is 10.0. The highest BCUT2D eigenvalue weighted by molar-refractivity contribution is 5.72. The van der Waals surface area contributed by atoms with Crippen LogP contribution < -0.4 is 5.69 Å². The van der Waals surface area contributed by atoms with Crippen molar-refractivity contribution in [2.75, 3.05) is 0 Å². The molecule has 72 valence electrons. The predicted molar refractivity (Wildman–Crippen MR) is 46.6 cm³/mol. The van der Waals surface area contributed by atoms with Crippen LogP contribution >= 0.6 is 0 Å². The molecule has 0 aliphatic heterocycles. The highest BCUT2D eigenvalue weighted by Crippen LogP contribution is 2.15. The minimum atomic E-state index is -0.989. The van der Waals surface area contributed by atoms with Gasteiger partial charge in [0.25, 0.3) is 0 Å². The van der Waals surface area contributed by atoms with Gasteiger partial charge in [-0.1, -0.05) is 13.8 Å². The second kappa shape index (κ2) is 3.47. The first kappa shape index (κ1) is 9.57. The Kier molecular flexibility index (Phi) is 2.55. The van der Waals surface area contributed by atoms with Crippen molar-refractivity contribution in [3.05, 3.63) is 22.9 Å². The highest BCUT2D eigenvalue weighted by Gasteiger charge is 2.24. The molecular weight excluding hydrogens is 172 g/mol. The molecule has 0 unspecified atom stereocenters. The number of rotatable bonds is 3. The van der Waals surface area contributed by atoms with Crippen LogP contribution in [-0.4, -0.2) is 20.6 Å². The first-order valence-corrected chi connectivity index (χ1v) is 4.02. The Morgan fingerprint density at radius 2 is 2.23 bits per heavy atom. The molecule has 0 aliphatic carbocycles. The first-order chi connectivity index (χ1) is 6.04. The third-order valence-corrected chi connectivity index (χ3v) is 1.86. The molecule has 0 saturated carbocycles. The van der Waals surface area contributed by atoms with Gasteiger partial charge >= 0.3 is 11.7 Å². The number of nitrogens with one attached hydrogen (secondary N) is 1. The second-order valence-corrected chi connectivity index (χ2v) is 3.20. The van der Waals surface area contributed by atoms with E-state index < -0.39 is 12.0 Å². The van der Waals surface area contributed by atoms with Crippen molar-refractivity contribution in [2.45, 2.75) is 19.9 Å². The summed E-state index contributed by atoms with van der Waals surface area (Å²) in [4.78, 5) is 24.3. The van der Waals surface area contributed by atoms with Crippen molar-refractivity contribution in [3.63, 3.8) is 0 Å². The normalized spacial score (nSPS) is 13.2. The summed E-state index contributed by atoms with van der Waals surface area (Å²) in [5, 5.41) is 8.87. The summed E-state index contributed by atoms with van der Waals surface area (Å²) in [5.74, 6) is -1.11. The molecule has 5 heteroatoms. The van der Waals surface area contributed by atoms with Crippen LogP contribution in [0.3, 0.4) is 0 Å². The van der Waals surface area contributed by atoms with Crippen molar-refractivity contribution >= 4 is 5.97 Å². The van der Waals surface area contributed by atoms with E-state index in [-0.39, 0.29) is 11.6 Å². The number of carboxylic acids is 1. The van der Waals surface area contributed by atoms with Crippen LogP contribution in [-0.2, 0) is 4.79 Å². The lowest BCUT2D eigenvalue weighted by Gasteiger charge is -2.16. The molecule has 0 aromatic carbocycles. The van der Waals surface area contributed by atoms with E-state index in [4.69, 9.17) is 5.11 Å². The maximum Gasteiger partial charge on any atom is 0.327 e. The molecule has 1 aromatic rings. The number of aromatic amines is 1. The van der Waals surface area contributed by atoms with Gasteiger partial charge in [-0.3, -0.25) is 4.57 Å². The van der Waals surface area contributed by atoms with E-state index in [9.17, 15) is 9.59 Å². The highest BCUT2D eigenvalue weighted by atomic mass is 16.4. The number of hydrogen-bond acceptors (Lipinski definition) is 2. The number of aliphatic carboxylic acids is 1. The summed E-state index contributed by atoms with van der Waals surface area (Å²) < 4.78 is 1.19. The zero-order valence-electron chi connectivity index (χ0n) is 7.52. The molecule has 0 aliphatic rings. The van der Waals surface area contributed by atoms with E-state index in [0.717, 1.165) is 0 Å². The summed E-state index contributed by atoms with van der Waals surface area (Å²) in [5.41, 5.74) is -0.388. The summed E-state index contributed by atoms with van der Waals surface area (Å²) in [6.45, 7) is 3.52. The molecule has 5 nitrogen and oxygen atoms in total. The third kappa shape index (κ3) is 1.80. The minimum Gasteiger partial charge on any atom is -0.480 e. The summed E-state index contributed by atoms with van der Waals surface area (Å²) >= 11 is 0. The Labute approximate surface area is 75.0 Å². The quantitative estimate of drug-likeness (QED) is 0.716. The fourth-order valence-corrected chi connectivity index (χ4v) is 1.28. The SMILES string of the molecule is CC(C)[C@@H](C(=O)O)n1cc[nH]c1=O. The molecule has 0 spiro atoms. The average molecular weight is 184 g/mol. The van der Waals surface area contributed by atoms with Gasteiger partial charge < -0.3 is 10.1 Å². The standard InChI is InChI=1S/C8H12N2O3/c1-5(2)6(7(11)12)10-4-3-9-8(10)13/h3-6H,1-2H3,(H,9,13)(H,11,12)/t6-/m0/s1. The van der Waals surface area contributed by atoms with E-state index in [0.29, 0.717) is 0 Å². The Morgan fingerprint density at radius 1 is 1.62 bits per heavy atom. The zero-order valence-corrected chi connectivity index (χ0v) is 7.52. The summed E-state index contributed by atoms with van der Waals surface area (Å²) in [6, 6.07) is -0.793. The van der Waals surface area contributed by atoms with Crippen LogP contribution in [0, 0.1) is 5.92 Å². The Hall–Kier alpha value is -1.52. The predicted octanol–water partition coefficient (Wildman–Crippen LogP) is 0.458. The molecule has 1 heterocycles. The van der Waals surface area contributed by atoms with Gasteiger partial charge in [0.2, 0.25) is 0 Å². The van der Waals surface area contributed by atoms with E-state index in [2.05, 4.69) is 4.98 Å². The first-order valence-electron chi connectivity index (χ1n) is 4.02. The molecule has 0 fully saturated rings. The van der Waals surface area contributed by atoms with Crippen LogP contribution in [0.1, 0.15) is 19.9 Å². The van der Waals surface area contributed by atoms with Crippen LogP contribution in [0.2, 0.25) is 0 Å².